The second-order valence-electron chi connectivity index (χ2n) is 3.65. The molecule has 1 rings (SSSR count). The van der Waals surface area contributed by atoms with E-state index in [1.54, 1.807) is 0 Å². The molecular weight excluding hydrogens is 328 g/mol. The van der Waals surface area contributed by atoms with Gasteiger partial charge in [-0.25, -0.2) is 19.2 Å². The van der Waals surface area contributed by atoms with Crippen LogP contribution in [0.2, 0.25) is 0 Å². The third kappa shape index (κ3) is 13.7. The monoisotopic (exact) mass is 344 g/mol. The number of aromatic carboxylic acids is 2. The van der Waals surface area contributed by atoms with Crippen molar-refractivity contribution < 1.29 is 49.8 Å². The molecular formula is C14H16O10. The van der Waals surface area contributed by atoms with Gasteiger partial charge >= 0.3 is 23.9 Å². The Kier molecular flexibility index (Phi) is 12.9. The Morgan fingerprint density at radius 2 is 1.08 bits per heavy atom. The molecule has 0 aliphatic heterocycles. The van der Waals surface area contributed by atoms with E-state index in [0.717, 1.165) is 6.07 Å². The topological polar surface area (TPSA) is 190 Å². The molecule has 132 valence electrons. The van der Waals surface area contributed by atoms with Crippen molar-refractivity contribution in [3.8, 4) is 0 Å². The predicted octanol–water partition coefficient (Wildman–Crippen LogP) is -0.234. The quantitative estimate of drug-likeness (QED) is 0.389. The molecule has 0 atom stereocenters. The number of carbonyl (C=O) groups is 4. The fraction of sp³-hybridized carbons (Fsp3) is 0.143. The zero-order chi connectivity index (χ0) is 19.1. The molecule has 10 nitrogen and oxygen atoms in total. The van der Waals surface area contributed by atoms with E-state index in [0.29, 0.717) is 12.2 Å². The van der Waals surface area contributed by atoms with Crippen LogP contribution in [-0.2, 0) is 9.59 Å². The Hall–Kier alpha value is -3.24. The summed E-state index contributed by atoms with van der Waals surface area (Å²) in [5.74, 6) is -4.77. The highest BCUT2D eigenvalue weighted by Crippen LogP contribution is 2.04. The first-order valence-corrected chi connectivity index (χ1v) is 6.08. The van der Waals surface area contributed by atoms with Crippen molar-refractivity contribution in [3.05, 3.63) is 47.5 Å². The Morgan fingerprint density at radius 1 is 0.750 bits per heavy atom. The lowest BCUT2D eigenvalue weighted by molar-refractivity contribution is -0.134. The van der Waals surface area contributed by atoms with E-state index < -0.39 is 23.9 Å². The molecule has 0 aliphatic rings. The Morgan fingerprint density at radius 3 is 1.29 bits per heavy atom. The molecule has 1 aromatic rings. The standard InChI is InChI=1S/C8H6O4.C4H4O4.C2H6O2/c9-7(10)5-2-1-3-6(4-5)8(11)12;5-3(6)1-2-4(7)8;3-1-2-4/h1-4H,(H,9,10)(H,11,12);1-2H,(H,5,6)(H,7,8);3-4H,1-2H2/b;2-1-;. The number of carboxylic acids is 4. The second-order valence-corrected chi connectivity index (χ2v) is 3.65. The van der Waals surface area contributed by atoms with Crippen LogP contribution in [0.1, 0.15) is 20.7 Å². The van der Waals surface area contributed by atoms with E-state index in [4.69, 9.17) is 30.6 Å². The third-order valence-corrected chi connectivity index (χ3v) is 1.82. The molecule has 10 heteroatoms. The van der Waals surface area contributed by atoms with Crippen LogP contribution in [0.15, 0.2) is 36.4 Å². The van der Waals surface area contributed by atoms with Gasteiger partial charge in [0.2, 0.25) is 0 Å². The summed E-state index contributed by atoms with van der Waals surface area (Å²) >= 11 is 0. The molecule has 0 saturated carbocycles. The molecule has 0 bridgehead atoms. The minimum atomic E-state index is -1.26. The molecule has 0 heterocycles. The SMILES string of the molecule is O=C(O)/C=C\C(=O)O.O=C(O)c1cccc(C(=O)O)c1.OCCO. The maximum atomic E-state index is 10.4. The Balaban J connectivity index is 0. The first-order chi connectivity index (χ1) is 11.1. The summed E-state index contributed by atoms with van der Waals surface area (Å²) in [4.78, 5) is 39.9. The van der Waals surface area contributed by atoms with Crippen molar-refractivity contribution in [1.29, 1.82) is 0 Å². The largest absolute Gasteiger partial charge is 0.478 e. The lowest BCUT2D eigenvalue weighted by Crippen LogP contribution is -2.01. The van der Waals surface area contributed by atoms with Crippen molar-refractivity contribution in [2.75, 3.05) is 13.2 Å². The lowest BCUT2D eigenvalue weighted by atomic mass is 10.1. The van der Waals surface area contributed by atoms with Crippen LogP contribution in [0.3, 0.4) is 0 Å². The number of aliphatic carboxylic acids is 2. The van der Waals surface area contributed by atoms with E-state index in [9.17, 15) is 19.2 Å². The normalized spacial score (nSPS) is 9.08. The number of aliphatic hydroxyl groups excluding tert-OH is 2. The third-order valence-electron chi connectivity index (χ3n) is 1.82. The first kappa shape index (κ1) is 23.0. The van der Waals surface area contributed by atoms with Gasteiger partial charge in [-0.2, -0.15) is 0 Å². The minimum Gasteiger partial charge on any atom is -0.478 e. The van der Waals surface area contributed by atoms with Gasteiger partial charge < -0.3 is 30.6 Å². The van der Waals surface area contributed by atoms with Crippen molar-refractivity contribution in [2.45, 2.75) is 0 Å². The zero-order valence-electron chi connectivity index (χ0n) is 12.2. The van der Waals surface area contributed by atoms with Crippen LogP contribution in [0.5, 0.6) is 0 Å². The maximum Gasteiger partial charge on any atom is 0.335 e. The summed E-state index contributed by atoms with van der Waals surface area (Å²) < 4.78 is 0. The zero-order valence-corrected chi connectivity index (χ0v) is 12.2. The van der Waals surface area contributed by atoms with Gasteiger partial charge in [-0.15, -0.1) is 0 Å². The van der Waals surface area contributed by atoms with Crippen molar-refractivity contribution in [3.63, 3.8) is 0 Å². The van der Waals surface area contributed by atoms with Gasteiger partial charge in [0, 0.05) is 12.2 Å². The molecule has 6 N–H and O–H groups in total. The number of carboxylic acid groups (broad SMARTS) is 4. The van der Waals surface area contributed by atoms with Gasteiger partial charge in [0.05, 0.1) is 24.3 Å². The van der Waals surface area contributed by atoms with Crippen LogP contribution < -0.4 is 0 Å². The molecule has 0 saturated heterocycles. The van der Waals surface area contributed by atoms with E-state index in [1.807, 2.05) is 0 Å². The average Bonchev–Trinajstić information content (AvgIpc) is 2.53. The summed E-state index contributed by atoms with van der Waals surface area (Å²) in [5, 5.41) is 47.9. The van der Waals surface area contributed by atoms with Crippen LogP contribution >= 0.6 is 0 Å². The van der Waals surface area contributed by atoms with Gasteiger partial charge in [-0.1, -0.05) is 6.07 Å². The van der Waals surface area contributed by atoms with E-state index >= 15 is 0 Å². The van der Waals surface area contributed by atoms with E-state index in [2.05, 4.69) is 0 Å². The number of hydrogen-bond acceptors (Lipinski definition) is 6. The molecule has 1 aromatic carbocycles. The highest BCUT2D eigenvalue weighted by molar-refractivity contribution is 5.93. The van der Waals surface area contributed by atoms with Crippen LogP contribution in [0.25, 0.3) is 0 Å². The highest BCUT2D eigenvalue weighted by Gasteiger charge is 2.06. The maximum absolute atomic E-state index is 10.4. The first-order valence-electron chi connectivity index (χ1n) is 6.08. The summed E-state index contributed by atoms with van der Waals surface area (Å²) in [6.45, 7) is -0.250. The van der Waals surface area contributed by atoms with Gasteiger partial charge in [0.1, 0.15) is 0 Å². The fourth-order valence-electron chi connectivity index (χ4n) is 0.928. The van der Waals surface area contributed by atoms with E-state index in [1.165, 1.54) is 18.2 Å². The predicted molar refractivity (Wildman–Crippen MR) is 78.9 cm³/mol. The second kappa shape index (κ2) is 13.4. The number of benzene rings is 1. The van der Waals surface area contributed by atoms with Crippen LogP contribution in [0, 0.1) is 0 Å². The fourth-order valence-corrected chi connectivity index (χ4v) is 0.928. The lowest BCUT2D eigenvalue weighted by Gasteiger charge is -1.95. The van der Waals surface area contributed by atoms with Gasteiger partial charge in [-0.05, 0) is 18.2 Å². The molecule has 24 heavy (non-hydrogen) atoms. The Labute approximate surface area is 135 Å². The Bertz CT molecular complexity index is 544. The molecule has 0 aliphatic carbocycles. The van der Waals surface area contributed by atoms with E-state index in [-0.39, 0.29) is 24.3 Å². The number of hydrogen-bond donors (Lipinski definition) is 6. The summed E-state index contributed by atoms with van der Waals surface area (Å²) in [7, 11) is 0. The van der Waals surface area contributed by atoms with Crippen LogP contribution in [-0.4, -0.2) is 67.7 Å². The summed E-state index contributed by atoms with van der Waals surface area (Å²) in [5.41, 5.74) is -0.0372. The highest BCUT2D eigenvalue weighted by atomic mass is 16.4. The summed E-state index contributed by atoms with van der Waals surface area (Å²) in [6, 6.07) is 5.20. The minimum absolute atomic E-state index is 0.0186. The molecule has 0 aromatic heterocycles. The van der Waals surface area contributed by atoms with Gasteiger partial charge in [0.15, 0.2) is 0 Å². The molecule has 0 spiro atoms. The smallest absolute Gasteiger partial charge is 0.335 e. The molecule has 0 fully saturated rings. The molecule has 0 unspecified atom stereocenters. The van der Waals surface area contributed by atoms with Crippen molar-refractivity contribution in [2.24, 2.45) is 0 Å². The average molecular weight is 344 g/mol. The van der Waals surface area contributed by atoms with Crippen molar-refractivity contribution >= 4 is 23.9 Å². The number of rotatable bonds is 5. The van der Waals surface area contributed by atoms with Crippen LogP contribution in [0.4, 0.5) is 0 Å². The number of aliphatic hydroxyl groups is 2. The van der Waals surface area contributed by atoms with Gasteiger partial charge in [-0.3, -0.25) is 0 Å². The summed E-state index contributed by atoms with van der Waals surface area (Å²) in [6.07, 6.45) is 1.12. The molecule has 0 amide bonds. The van der Waals surface area contributed by atoms with Gasteiger partial charge in [0.25, 0.3) is 0 Å². The molecule has 0 radical (unpaired) electrons. The van der Waals surface area contributed by atoms with Crippen molar-refractivity contribution in [1.82, 2.24) is 0 Å².